The molecule has 6 heteroatoms. The minimum Gasteiger partial charge on any atom is -0.443 e. The molecular formula is C12H22N2O4. The van der Waals surface area contributed by atoms with Crippen molar-refractivity contribution in [1.29, 1.82) is 0 Å². The van der Waals surface area contributed by atoms with Crippen LogP contribution in [0.4, 0.5) is 4.79 Å². The summed E-state index contributed by atoms with van der Waals surface area (Å²) in [6.45, 7) is 5.68. The third-order valence-electron chi connectivity index (χ3n) is 2.56. The van der Waals surface area contributed by atoms with Crippen LogP contribution in [0.3, 0.4) is 0 Å². The largest absolute Gasteiger partial charge is 0.443 e. The van der Waals surface area contributed by atoms with Gasteiger partial charge in [0, 0.05) is 0 Å². The molecule has 0 radical (unpaired) electrons. The van der Waals surface area contributed by atoms with Gasteiger partial charge in [0.15, 0.2) is 0 Å². The number of imide groups is 1. The highest BCUT2D eigenvalue weighted by Crippen LogP contribution is 2.13. The minimum absolute atomic E-state index is 0.0358. The first-order valence-corrected chi connectivity index (χ1v) is 6.24. The summed E-state index contributed by atoms with van der Waals surface area (Å²) in [5.41, 5.74) is -0.659. The molecule has 0 aromatic heterocycles. The van der Waals surface area contributed by atoms with E-state index in [-0.39, 0.29) is 25.1 Å². The van der Waals surface area contributed by atoms with E-state index in [1.54, 1.807) is 20.8 Å². The van der Waals surface area contributed by atoms with E-state index in [1.807, 2.05) is 0 Å². The molecular weight excluding hydrogens is 236 g/mol. The van der Waals surface area contributed by atoms with Crippen LogP contribution in [0.15, 0.2) is 0 Å². The van der Waals surface area contributed by atoms with Crippen molar-refractivity contribution in [2.24, 2.45) is 0 Å². The van der Waals surface area contributed by atoms with Gasteiger partial charge in [-0.25, -0.2) is 9.69 Å². The Kier molecular flexibility index (Phi) is 5.10. The summed E-state index contributed by atoms with van der Waals surface area (Å²) in [7, 11) is 0. The second-order valence-electron chi connectivity index (χ2n) is 5.34. The molecule has 0 saturated carbocycles. The summed E-state index contributed by atoms with van der Waals surface area (Å²) in [5, 5.41) is 12.0. The van der Waals surface area contributed by atoms with Gasteiger partial charge in [-0.1, -0.05) is 0 Å². The fourth-order valence-corrected chi connectivity index (χ4v) is 1.79. The van der Waals surface area contributed by atoms with E-state index in [9.17, 15) is 9.59 Å². The Hall–Kier alpha value is -1.14. The Morgan fingerprint density at radius 2 is 2.11 bits per heavy atom. The van der Waals surface area contributed by atoms with Crippen molar-refractivity contribution in [2.75, 3.05) is 19.7 Å². The van der Waals surface area contributed by atoms with Crippen LogP contribution in [0.5, 0.6) is 0 Å². The van der Waals surface area contributed by atoms with Gasteiger partial charge in [-0.3, -0.25) is 4.79 Å². The summed E-state index contributed by atoms with van der Waals surface area (Å²) in [6.07, 6.45) is 0.927. The summed E-state index contributed by atoms with van der Waals surface area (Å²) in [5.74, 6) is -0.323. The standard InChI is InChI=1S/C12H22N2O4/c1-12(2,3)18-11(17)14(7-8-15)10(16)9-5-4-6-13-9/h9,13,15H,4-8H2,1-3H3/t9-/m0/s1. The van der Waals surface area contributed by atoms with Gasteiger partial charge < -0.3 is 15.2 Å². The van der Waals surface area contributed by atoms with Gasteiger partial charge in [-0.15, -0.1) is 0 Å². The van der Waals surface area contributed by atoms with Gasteiger partial charge in [0.1, 0.15) is 5.60 Å². The van der Waals surface area contributed by atoms with Crippen molar-refractivity contribution < 1.29 is 19.4 Å². The number of carbonyl (C=O) groups excluding carboxylic acids is 2. The number of hydrogen-bond acceptors (Lipinski definition) is 5. The zero-order valence-electron chi connectivity index (χ0n) is 11.2. The average Bonchev–Trinajstić information content (AvgIpc) is 2.75. The van der Waals surface area contributed by atoms with E-state index in [2.05, 4.69) is 5.32 Å². The highest BCUT2D eigenvalue weighted by atomic mass is 16.6. The monoisotopic (exact) mass is 258 g/mol. The maximum absolute atomic E-state index is 12.1. The zero-order chi connectivity index (χ0) is 13.8. The van der Waals surface area contributed by atoms with E-state index in [1.165, 1.54) is 0 Å². The first-order valence-electron chi connectivity index (χ1n) is 6.24. The molecule has 6 nitrogen and oxygen atoms in total. The molecule has 0 spiro atoms. The van der Waals surface area contributed by atoms with Crippen LogP contribution < -0.4 is 5.32 Å². The van der Waals surface area contributed by atoms with Crippen LogP contribution >= 0.6 is 0 Å². The van der Waals surface area contributed by atoms with Crippen molar-refractivity contribution >= 4 is 12.0 Å². The lowest BCUT2D eigenvalue weighted by molar-refractivity contribution is -0.132. The van der Waals surface area contributed by atoms with Crippen LogP contribution in [0.1, 0.15) is 33.6 Å². The number of hydrogen-bond donors (Lipinski definition) is 2. The molecule has 0 bridgehead atoms. The lowest BCUT2D eigenvalue weighted by Gasteiger charge is -2.27. The highest BCUT2D eigenvalue weighted by Gasteiger charge is 2.32. The summed E-state index contributed by atoms with van der Waals surface area (Å²) in [4.78, 5) is 25.0. The van der Waals surface area contributed by atoms with Gasteiger partial charge in [0.05, 0.1) is 19.2 Å². The van der Waals surface area contributed by atoms with Crippen LogP contribution in [0, 0.1) is 0 Å². The fourth-order valence-electron chi connectivity index (χ4n) is 1.79. The number of ether oxygens (including phenoxy) is 1. The van der Waals surface area contributed by atoms with Crippen LogP contribution in [0.25, 0.3) is 0 Å². The van der Waals surface area contributed by atoms with E-state index in [0.29, 0.717) is 6.42 Å². The number of nitrogens with zero attached hydrogens (tertiary/aromatic N) is 1. The van der Waals surface area contributed by atoms with Gasteiger partial charge in [-0.05, 0) is 40.2 Å². The third kappa shape index (κ3) is 4.27. The third-order valence-corrected chi connectivity index (χ3v) is 2.56. The van der Waals surface area contributed by atoms with Crippen molar-refractivity contribution in [1.82, 2.24) is 10.2 Å². The van der Waals surface area contributed by atoms with E-state index in [4.69, 9.17) is 9.84 Å². The van der Waals surface area contributed by atoms with Crippen molar-refractivity contribution in [3.63, 3.8) is 0 Å². The Labute approximate surface area is 107 Å². The highest BCUT2D eigenvalue weighted by molar-refractivity contribution is 5.95. The molecule has 0 aromatic carbocycles. The molecule has 0 unspecified atom stereocenters. The molecule has 1 saturated heterocycles. The fraction of sp³-hybridized carbons (Fsp3) is 0.833. The molecule has 104 valence electrons. The number of rotatable bonds is 3. The Morgan fingerprint density at radius 1 is 1.44 bits per heavy atom. The number of nitrogens with one attached hydrogen (secondary N) is 1. The SMILES string of the molecule is CC(C)(C)OC(=O)N(CCO)C(=O)[C@@H]1CCCN1. The topological polar surface area (TPSA) is 78.9 Å². The predicted octanol–water partition coefficient (Wildman–Crippen LogP) is 0.494. The Morgan fingerprint density at radius 3 is 2.56 bits per heavy atom. The molecule has 1 fully saturated rings. The number of carbonyl (C=O) groups is 2. The van der Waals surface area contributed by atoms with Crippen LogP contribution in [-0.4, -0.2) is 53.3 Å². The summed E-state index contributed by atoms with van der Waals surface area (Å²) >= 11 is 0. The van der Waals surface area contributed by atoms with Gasteiger partial charge in [-0.2, -0.15) is 0 Å². The molecule has 1 heterocycles. The van der Waals surface area contributed by atoms with Crippen molar-refractivity contribution in [3.05, 3.63) is 0 Å². The smallest absolute Gasteiger partial charge is 0.417 e. The number of aliphatic hydroxyl groups is 1. The van der Waals surface area contributed by atoms with E-state index < -0.39 is 11.7 Å². The van der Waals surface area contributed by atoms with Crippen molar-refractivity contribution in [3.8, 4) is 0 Å². The molecule has 1 atom stereocenters. The molecule has 1 aliphatic heterocycles. The van der Waals surface area contributed by atoms with Crippen LogP contribution in [-0.2, 0) is 9.53 Å². The number of amides is 2. The second-order valence-corrected chi connectivity index (χ2v) is 5.34. The van der Waals surface area contributed by atoms with Gasteiger partial charge in [0.25, 0.3) is 0 Å². The molecule has 18 heavy (non-hydrogen) atoms. The van der Waals surface area contributed by atoms with Crippen LogP contribution in [0.2, 0.25) is 0 Å². The predicted molar refractivity (Wildman–Crippen MR) is 66.1 cm³/mol. The average molecular weight is 258 g/mol. The maximum atomic E-state index is 12.1. The molecule has 0 aromatic rings. The minimum atomic E-state index is -0.699. The molecule has 0 aliphatic carbocycles. The molecule has 1 rings (SSSR count). The Balaban J connectivity index is 2.68. The lowest BCUT2D eigenvalue weighted by Crippen LogP contribution is -2.49. The molecule has 2 N–H and O–H groups in total. The number of aliphatic hydroxyl groups excluding tert-OH is 1. The van der Waals surface area contributed by atoms with Gasteiger partial charge >= 0.3 is 6.09 Å². The molecule has 2 amide bonds. The summed E-state index contributed by atoms with van der Waals surface area (Å²) < 4.78 is 5.16. The molecule has 1 aliphatic rings. The Bertz CT molecular complexity index is 306. The quantitative estimate of drug-likeness (QED) is 0.770. The normalized spacial score (nSPS) is 19.7. The van der Waals surface area contributed by atoms with Crippen molar-refractivity contribution in [2.45, 2.75) is 45.3 Å². The summed E-state index contributed by atoms with van der Waals surface area (Å²) in [6, 6.07) is -0.343. The zero-order valence-corrected chi connectivity index (χ0v) is 11.2. The second kappa shape index (κ2) is 6.15. The van der Waals surface area contributed by atoms with Gasteiger partial charge in [0.2, 0.25) is 5.91 Å². The van der Waals surface area contributed by atoms with E-state index >= 15 is 0 Å². The first kappa shape index (κ1) is 14.9. The lowest BCUT2D eigenvalue weighted by atomic mass is 10.2. The van der Waals surface area contributed by atoms with E-state index in [0.717, 1.165) is 17.9 Å². The maximum Gasteiger partial charge on any atom is 0.417 e. The first-order chi connectivity index (χ1) is 8.35.